The highest BCUT2D eigenvalue weighted by atomic mass is 16.3. The summed E-state index contributed by atoms with van der Waals surface area (Å²) in [7, 11) is 0. The maximum atomic E-state index is 9.52. The minimum Gasteiger partial charge on any atom is -0.393 e. The van der Waals surface area contributed by atoms with Crippen LogP contribution >= 0.6 is 0 Å². The molecule has 2 aliphatic carbocycles. The van der Waals surface area contributed by atoms with Crippen molar-refractivity contribution in [3.05, 3.63) is 0 Å². The zero-order chi connectivity index (χ0) is 7.14. The summed E-state index contributed by atoms with van der Waals surface area (Å²) < 4.78 is 0. The van der Waals surface area contributed by atoms with E-state index in [1.54, 1.807) is 0 Å². The maximum Gasteiger partial charge on any atom is 0.0571 e. The molecule has 0 aliphatic heterocycles. The number of hydrogen-bond acceptors (Lipinski definition) is 1. The van der Waals surface area contributed by atoms with E-state index in [4.69, 9.17) is 0 Å². The van der Waals surface area contributed by atoms with Crippen LogP contribution < -0.4 is 0 Å². The van der Waals surface area contributed by atoms with Gasteiger partial charge in [0.15, 0.2) is 0 Å². The molecule has 1 heteroatoms. The van der Waals surface area contributed by atoms with E-state index >= 15 is 0 Å². The van der Waals surface area contributed by atoms with Gasteiger partial charge in [0.1, 0.15) is 0 Å². The van der Waals surface area contributed by atoms with Crippen LogP contribution in [0.5, 0.6) is 0 Å². The monoisotopic (exact) mass is 140 g/mol. The summed E-state index contributed by atoms with van der Waals surface area (Å²) in [6.45, 7) is 2.34. The summed E-state index contributed by atoms with van der Waals surface area (Å²) in [5.41, 5.74) is 0. The fraction of sp³-hybridized carbons (Fsp3) is 1.00. The summed E-state index contributed by atoms with van der Waals surface area (Å²) in [6, 6.07) is 0. The number of aliphatic hydroxyl groups is 1. The molecule has 3 unspecified atom stereocenters. The van der Waals surface area contributed by atoms with E-state index in [-0.39, 0.29) is 6.10 Å². The van der Waals surface area contributed by atoms with E-state index in [0.29, 0.717) is 5.92 Å². The highest BCUT2D eigenvalue weighted by Gasteiger charge is 2.41. The van der Waals surface area contributed by atoms with Crippen LogP contribution in [-0.4, -0.2) is 11.2 Å². The molecule has 2 fully saturated rings. The molecule has 10 heavy (non-hydrogen) atoms. The Labute approximate surface area is 62.4 Å². The molecular weight excluding hydrogens is 124 g/mol. The van der Waals surface area contributed by atoms with Crippen molar-refractivity contribution in [2.75, 3.05) is 0 Å². The van der Waals surface area contributed by atoms with E-state index < -0.39 is 0 Å². The largest absolute Gasteiger partial charge is 0.393 e. The molecule has 0 radical (unpaired) electrons. The van der Waals surface area contributed by atoms with Gasteiger partial charge < -0.3 is 5.11 Å². The van der Waals surface area contributed by atoms with E-state index in [9.17, 15) is 5.11 Å². The fourth-order valence-corrected chi connectivity index (χ4v) is 2.86. The van der Waals surface area contributed by atoms with Crippen molar-refractivity contribution < 1.29 is 5.11 Å². The number of rotatable bonds is 0. The lowest BCUT2D eigenvalue weighted by molar-refractivity contribution is 0.124. The smallest absolute Gasteiger partial charge is 0.0571 e. The third-order valence-corrected chi connectivity index (χ3v) is 3.53. The Bertz CT molecular complexity index is 117. The Morgan fingerprint density at radius 3 is 2.40 bits per heavy atom. The lowest BCUT2D eigenvalue weighted by atomic mass is 9.93. The second-order valence-electron chi connectivity index (χ2n) is 4.03. The molecule has 0 bridgehead atoms. The molecule has 0 spiro atoms. The molecule has 0 heterocycles. The molecule has 1 nitrogen and oxygen atoms in total. The maximum absolute atomic E-state index is 9.52. The van der Waals surface area contributed by atoms with Crippen molar-refractivity contribution >= 4 is 0 Å². The van der Waals surface area contributed by atoms with Gasteiger partial charge >= 0.3 is 0 Å². The lowest BCUT2D eigenvalue weighted by Gasteiger charge is -2.14. The molecule has 0 aromatic carbocycles. The average molecular weight is 140 g/mol. The first-order valence-corrected chi connectivity index (χ1v) is 4.47. The van der Waals surface area contributed by atoms with Crippen LogP contribution in [-0.2, 0) is 0 Å². The molecule has 2 rings (SSSR count). The van der Waals surface area contributed by atoms with Crippen LogP contribution in [0, 0.1) is 17.8 Å². The molecule has 4 atom stereocenters. The van der Waals surface area contributed by atoms with E-state index in [1.165, 1.54) is 19.3 Å². The van der Waals surface area contributed by atoms with Crippen LogP contribution in [0.15, 0.2) is 0 Å². The fourth-order valence-electron chi connectivity index (χ4n) is 2.86. The standard InChI is InChI=1S/C9H16O/c1-6-2-3-8-7(6)4-5-9(8)10/h6-10H,2-5H2,1H3/t6?,7?,8?,9-/m1/s1. The minimum atomic E-state index is 0.0509. The normalized spacial score (nSPS) is 53.4. The Morgan fingerprint density at radius 2 is 1.70 bits per heavy atom. The number of fused-ring (bicyclic) bond motifs is 1. The average Bonchev–Trinajstić information content (AvgIpc) is 2.41. The number of hydrogen-bond donors (Lipinski definition) is 1. The van der Waals surface area contributed by atoms with Gasteiger partial charge in [-0.3, -0.25) is 0 Å². The summed E-state index contributed by atoms with van der Waals surface area (Å²) in [5, 5.41) is 9.52. The molecular formula is C9H16O. The molecule has 2 aliphatic rings. The van der Waals surface area contributed by atoms with Crippen LogP contribution in [0.2, 0.25) is 0 Å². The van der Waals surface area contributed by atoms with Crippen molar-refractivity contribution in [2.24, 2.45) is 17.8 Å². The van der Waals surface area contributed by atoms with Crippen molar-refractivity contribution in [1.82, 2.24) is 0 Å². The summed E-state index contributed by atoms with van der Waals surface area (Å²) in [4.78, 5) is 0. The van der Waals surface area contributed by atoms with Crippen LogP contribution in [0.3, 0.4) is 0 Å². The highest BCUT2D eigenvalue weighted by molar-refractivity contribution is 4.92. The van der Waals surface area contributed by atoms with Gasteiger partial charge in [0.05, 0.1) is 6.10 Å². The second kappa shape index (κ2) is 2.23. The van der Waals surface area contributed by atoms with Gasteiger partial charge in [-0.1, -0.05) is 13.3 Å². The number of aliphatic hydroxyl groups excluding tert-OH is 1. The van der Waals surface area contributed by atoms with Gasteiger partial charge in [0.2, 0.25) is 0 Å². The predicted molar refractivity (Wildman–Crippen MR) is 40.6 cm³/mol. The molecule has 0 saturated heterocycles. The molecule has 2 saturated carbocycles. The zero-order valence-corrected chi connectivity index (χ0v) is 6.59. The topological polar surface area (TPSA) is 20.2 Å². The molecule has 0 aromatic rings. The van der Waals surface area contributed by atoms with Crippen LogP contribution in [0.25, 0.3) is 0 Å². The van der Waals surface area contributed by atoms with Gasteiger partial charge in [-0.15, -0.1) is 0 Å². The Hall–Kier alpha value is -0.0400. The van der Waals surface area contributed by atoms with Crippen molar-refractivity contribution in [1.29, 1.82) is 0 Å². The first kappa shape index (κ1) is 6.66. The Morgan fingerprint density at radius 1 is 1.00 bits per heavy atom. The van der Waals surface area contributed by atoms with Gasteiger partial charge in [-0.2, -0.15) is 0 Å². The van der Waals surface area contributed by atoms with E-state index in [0.717, 1.165) is 18.3 Å². The van der Waals surface area contributed by atoms with E-state index in [1.807, 2.05) is 0 Å². The minimum absolute atomic E-state index is 0.0509. The summed E-state index contributed by atoms with van der Waals surface area (Å²) >= 11 is 0. The van der Waals surface area contributed by atoms with Gasteiger partial charge in [-0.05, 0) is 37.0 Å². The second-order valence-corrected chi connectivity index (χ2v) is 4.03. The van der Waals surface area contributed by atoms with Crippen molar-refractivity contribution in [3.63, 3.8) is 0 Å². The molecule has 0 aromatic heterocycles. The summed E-state index contributed by atoms with van der Waals surface area (Å²) in [6.07, 6.45) is 5.04. The van der Waals surface area contributed by atoms with Gasteiger partial charge in [0.25, 0.3) is 0 Å². The molecule has 0 amide bonds. The van der Waals surface area contributed by atoms with E-state index in [2.05, 4.69) is 6.92 Å². The Kier molecular flexibility index (Phi) is 1.48. The lowest BCUT2D eigenvalue weighted by Crippen LogP contribution is -2.15. The molecule has 58 valence electrons. The van der Waals surface area contributed by atoms with Crippen LogP contribution in [0.1, 0.15) is 32.6 Å². The zero-order valence-electron chi connectivity index (χ0n) is 6.59. The van der Waals surface area contributed by atoms with Gasteiger partial charge in [-0.25, -0.2) is 0 Å². The quantitative estimate of drug-likeness (QED) is 0.544. The van der Waals surface area contributed by atoms with Crippen molar-refractivity contribution in [3.8, 4) is 0 Å². The predicted octanol–water partition coefficient (Wildman–Crippen LogP) is 1.80. The highest BCUT2D eigenvalue weighted by Crippen LogP contribution is 2.47. The summed E-state index contributed by atoms with van der Waals surface area (Å²) in [5.74, 6) is 2.44. The van der Waals surface area contributed by atoms with Crippen molar-refractivity contribution in [2.45, 2.75) is 38.7 Å². The molecule has 1 N–H and O–H groups in total. The first-order valence-electron chi connectivity index (χ1n) is 4.47. The van der Waals surface area contributed by atoms with Gasteiger partial charge in [0, 0.05) is 0 Å². The third-order valence-electron chi connectivity index (χ3n) is 3.53. The third kappa shape index (κ3) is 0.800. The first-order chi connectivity index (χ1) is 4.79. The van der Waals surface area contributed by atoms with Crippen LogP contribution in [0.4, 0.5) is 0 Å². The Balaban J connectivity index is 2.09. The SMILES string of the molecule is CC1CCC2C1CC[C@H]2O.